The molecule has 1 heterocycles. The van der Waals surface area contributed by atoms with Crippen LogP contribution in [0.2, 0.25) is 0 Å². The van der Waals surface area contributed by atoms with Gasteiger partial charge in [0.05, 0.1) is 23.2 Å². The van der Waals surface area contributed by atoms with Gasteiger partial charge in [-0.1, -0.05) is 12.8 Å². The number of aromatic nitrogens is 1. The molecule has 0 atom stereocenters. The normalized spacial score (nSPS) is 15.3. The Hall–Kier alpha value is -2.00. The molecule has 0 spiro atoms. The Morgan fingerprint density at radius 2 is 2.14 bits per heavy atom. The van der Waals surface area contributed by atoms with E-state index in [0.29, 0.717) is 36.0 Å². The predicted molar refractivity (Wildman–Crippen MR) is 78.6 cm³/mol. The molecule has 0 aromatic carbocycles. The highest BCUT2D eigenvalue weighted by Gasteiger charge is 2.25. The lowest BCUT2D eigenvalue weighted by Gasteiger charge is -2.26. The van der Waals surface area contributed by atoms with Crippen molar-refractivity contribution in [1.82, 2.24) is 9.88 Å². The van der Waals surface area contributed by atoms with Crippen LogP contribution in [0.3, 0.4) is 0 Å². The van der Waals surface area contributed by atoms with Crippen molar-refractivity contribution in [1.29, 1.82) is 5.26 Å². The highest BCUT2D eigenvalue weighted by Crippen LogP contribution is 2.28. The van der Waals surface area contributed by atoms with Crippen molar-refractivity contribution in [2.75, 3.05) is 6.54 Å². The molecule has 1 aliphatic carbocycles. The van der Waals surface area contributed by atoms with Gasteiger partial charge < -0.3 is 0 Å². The Morgan fingerprint density at radius 1 is 1.48 bits per heavy atom. The molecule has 1 aliphatic rings. The van der Waals surface area contributed by atoms with E-state index in [1.54, 1.807) is 20.0 Å². The minimum Gasteiger partial charge on any atom is -0.282 e. The first-order valence-corrected chi connectivity index (χ1v) is 7.25. The topological polar surface area (TPSA) is 83.1 Å². The van der Waals surface area contributed by atoms with Gasteiger partial charge in [-0.3, -0.25) is 20.0 Å². The molecule has 1 saturated carbocycles. The Labute approximate surface area is 124 Å². The second kappa shape index (κ2) is 6.64. The van der Waals surface area contributed by atoms with E-state index in [9.17, 15) is 10.1 Å². The van der Waals surface area contributed by atoms with Crippen molar-refractivity contribution < 1.29 is 4.92 Å². The van der Waals surface area contributed by atoms with Gasteiger partial charge in [-0.25, -0.2) is 0 Å². The van der Waals surface area contributed by atoms with Gasteiger partial charge in [-0.2, -0.15) is 5.26 Å². The zero-order valence-corrected chi connectivity index (χ0v) is 12.5. The molecule has 1 fully saturated rings. The van der Waals surface area contributed by atoms with Gasteiger partial charge in [-0.15, -0.1) is 0 Å². The lowest BCUT2D eigenvalue weighted by molar-refractivity contribution is -0.386. The SMILES string of the molecule is Cc1cnc(CN(CC#N)C2CCCC2)c(C)c1[N+](=O)[O-]. The summed E-state index contributed by atoms with van der Waals surface area (Å²) in [4.78, 5) is 17.3. The Morgan fingerprint density at radius 3 is 2.71 bits per heavy atom. The second-order valence-corrected chi connectivity index (χ2v) is 5.62. The first kappa shape index (κ1) is 15.4. The standard InChI is InChI=1S/C15H20N4O2/c1-11-9-17-14(12(2)15(11)19(20)21)10-18(8-7-16)13-5-3-4-6-13/h9,13H,3-6,8,10H2,1-2H3. The number of pyridine rings is 1. The van der Waals surface area contributed by atoms with Crippen molar-refractivity contribution in [2.45, 2.75) is 52.1 Å². The van der Waals surface area contributed by atoms with Gasteiger partial charge in [0.25, 0.3) is 5.69 Å². The van der Waals surface area contributed by atoms with Gasteiger partial charge in [0.2, 0.25) is 0 Å². The van der Waals surface area contributed by atoms with E-state index in [4.69, 9.17) is 5.26 Å². The number of nitro groups is 1. The van der Waals surface area contributed by atoms with Crippen LogP contribution in [0.25, 0.3) is 0 Å². The summed E-state index contributed by atoms with van der Waals surface area (Å²) >= 11 is 0. The highest BCUT2D eigenvalue weighted by atomic mass is 16.6. The molecule has 0 saturated heterocycles. The monoisotopic (exact) mass is 288 g/mol. The van der Waals surface area contributed by atoms with E-state index in [1.165, 1.54) is 12.8 Å². The van der Waals surface area contributed by atoms with Crippen molar-refractivity contribution in [2.24, 2.45) is 0 Å². The number of nitriles is 1. The van der Waals surface area contributed by atoms with Crippen LogP contribution in [0.1, 0.15) is 42.5 Å². The highest BCUT2D eigenvalue weighted by molar-refractivity contribution is 5.47. The molecule has 112 valence electrons. The first-order valence-electron chi connectivity index (χ1n) is 7.25. The number of nitrogens with zero attached hydrogens (tertiary/aromatic N) is 4. The van der Waals surface area contributed by atoms with Crippen molar-refractivity contribution in [3.63, 3.8) is 0 Å². The number of hydrogen-bond acceptors (Lipinski definition) is 5. The molecule has 0 aliphatic heterocycles. The van der Waals surface area contributed by atoms with Crippen LogP contribution in [0.5, 0.6) is 0 Å². The van der Waals surface area contributed by atoms with E-state index in [0.717, 1.165) is 12.8 Å². The first-order chi connectivity index (χ1) is 10.0. The molecular weight excluding hydrogens is 268 g/mol. The summed E-state index contributed by atoms with van der Waals surface area (Å²) in [5, 5.41) is 20.2. The lowest BCUT2D eigenvalue weighted by atomic mass is 10.1. The van der Waals surface area contributed by atoms with Crippen LogP contribution in [0, 0.1) is 35.3 Å². The zero-order chi connectivity index (χ0) is 15.4. The largest absolute Gasteiger partial charge is 0.282 e. The van der Waals surface area contributed by atoms with Gasteiger partial charge in [0.1, 0.15) is 0 Å². The molecule has 0 bridgehead atoms. The van der Waals surface area contributed by atoms with Crippen LogP contribution in [0.15, 0.2) is 6.20 Å². The molecule has 2 rings (SSSR count). The maximum absolute atomic E-state index is 11.2. The average molecular weight is 288 g/mol. The zero-order valence-electron chi connectivity index (χ0n) is 12.5. The predicted octanol–water partition coefficient (Wildman–Crippen LogP) is 2.87. The van der Waals surface area contributed by atoms with Crippen molar-refractivity contribution in [3.8, 4) is 6.07 Å². The summed E-state index contributed by atoms with van der Waals surface area (Å²) < 4.78 is 0. The van der Waals surface area contributed by atoms with E-state index in [2.05, 4.69) is 16.0 Å². The third-order valence-corrected chi connectivity index (χ3v) is 4.23. The molecule has 0 unspecified atom stereocenters. The summed E-state index contributed by atoms with van der Waals surface area (Å²) in [5.41, 5.74) is 2.03. The van der Waals surface area contributed by atoms with E-state index >= 15 is 0 Å². The maximum Gasteiger partial charge on any atom is 0.278 e. The lowest BCUT2D eigenvalue weighted by Crippen LogP contribution is -2.33. The summed E-state index contributed by atoms with van der Waals surface area (Å²) in [6.45, 7) is 4.29. The fourth-order valence-corrected chi connectivity index (χ4v) is 3.07. The molecule has 6 heteroatoms. The fraction of sp³-hybridized carbons (Fsp3) is 0.600. The number of hydrogen-bond donors (Lipinski definition) is 0. The summed E-state index contributed by atoms with van der Waals surface area (Å²) in [5.74, 6) is 0. The minimum atomic E-state index is -0.347. The van der Waals surface area contributed by atoms with Gasteiger partial charge >= 0.3 is 0 Å². The molecule has 1 aromatic heterocycles. The van der Waals surface area contributed by atoms with E-state index in [-0.39, 0.29) is 10.6 Å². The average Bonchev–Trinajstić information content (AvgIpc) is 2.94. The maximum atomic E-state index is 11.2. The Bertz CT molecular complexity index is 574. The number of rotatable bonds is 5. The smallest absolute Gasteiger partial charge is 0.278 e. The van der Waals surface area contributed by atoms with Gasteiger partial charge in [0.15, 0.2) is 0 Å². The molecule has 6 nitrogen and oxygen atoms in total. The fourth-order valence-electron chi connectivity index (χ4n) is 3.07. The van der Waals surface area contributed by atoms with Crippen LogP contribution in [-0.2, 0) is 6.54 Å². The van der Waals surface area contributed by atoms with Crippen molar-refractivity contribution in [3.05, 3.63) is 33.1 Å². The van der Waals surface area contributed by atoms with Crippen LogP contribution >= 0.6 is 0 Å². The summed E-state index contributed by atoms with van der Waals surface area (Å²) in [6.07, 6.45) is 6.11. The minimum absolute atomic E-state index is 0.142. The Balaban J connectivity index is 2.26. The Kier molecular flexibility index (Phi) is 4.86. The van der Waals surface area contributed by atoms with Crippen molar-refractivity contribution >= 4 is 5.69 Å². The molecule has 0 N–H and O–H groups in total. The van der Waals surface area contributed by atoms with Gasteiger partial charge in [0, 0.05) is 29.9 Å². The van der Waals surface area contributed by atoms with Crippen LogP contribution < -0.4 is 0 Å². The summed E-state index contributed by atoms with van der Waals surface area (Å²) in [7, 11) is 0. The van der Waals surface area contributed by atoms with Crippen LogP contribution in [0.4, 0.5) is 5.69 Å². The van der Waals surface area contributed by atoms with Crippen LogP contribution in [-0.4, -0.2) is 27.4 Å². The molecule has 0 radical (unpaired) electrons. The third kappa shape index (κ3) is 3.37. The molecular formula is C15H20N4O2. The van der Waals surface area contributed by atoms with E-state index in [1.807, 2.05) is 0 Å². The van der Waals surface area contributed by atoms with Gasteiger partial charge in [-0.05, 0) is 26.7 Å². The van der Waals surface area contributed by atoms with E-state index < -0.39 is 0 Å². The summed E-state index contributed by atoms with van der Waals surface area (Å²) in [6, 6.07) is 2.59. The molecule has 1 aromatic rings. The molecule has 0 amide bonds. The second-order valence-electron chi connectivity index (χ2n) is 5.62. The number of aryl methyl sites for hydroxylation is 1. The quantitative estimate of drug-likeness (QED) is 0.472. The molecule has 21 heavy (non-hydrogen) atoms. The third-order valence-electron chi connectivity index (χ3n) is 4.23.